The summed E-state index contributed by atoms with van der Waals surface area (Å²) in [5.74, 6) is 0.516. The van der Waals surface area contributed by atoms with Gasteiger partial charge in [0.2, 0.25) is 0 Å². The van der Waals surface area contributed by atoms with Gasteiger partial charge in [0.15, 0.2) is 5.78 Å². The van der Waals surface area contributed by atoms with E-state index in [9.17, 15) is 9.18 Å². The average molecular weight is 251 g/mol. The highest BCUT2D eigenvalue weighted by Crippen LogP contribution is 2.18. The molecule has 0 heterocycles. The first kappa shape index (κ1) is 14.8. The summed E-state index contributed by atoms with van der Waals surface area (Å²) in [7, 11) is 0. The lowest BCUT2D eigenvalue weighted by molar-refractivity contribution is 0.0957. The molecule has 1 aromatic carbocycles. The van der Waals surface area contributed by atoms with Crippen LogP contribution in [0.4, 0.5) is 4.39 Å². The smallest absolute Gasteiger partial charge is 0.163 e. The molecule has 0 aliphatic carbocycles. The Morgan fingerprint density at radius 3 is 2.56 bits per heavy atom. The van der Waals surface area contributed by atoms with E-state index in [-0.39, 0.29) is 17.5 Å². The van der Waals surface area contributed by atoms with Crippen LogP contribution < -0.4 is 5.73 Å². The molecule has 3 heteroatoms. The normalized spacial score (nSPS) is 12.8. The van der Waals surface area contributed by atoms with Crippen molar-refractivity contribution in [3.8, 4) is 0 Å². The Kier molecular flexibility index (Phi) is 5.48. The third-order valence-corrected chi connectivity index (χ3v) is 3.09. The van der Waals surface area contributed by atoms with Crippen molar-refractivity contribution in [1.29, 1.82) is 0 Å². The maximum Gasteiger partial charge on any atom is 0.163 e. The minimum Gasteiger partial charge on any atom is -0.330 e. The molecule has 0 amide bonds. The van der Waals surface area contributed by atoms with Crippen molar-refractivity contribution in [2.45, 2.75) is 33.6 Å². The van der Waals surface area contributed by atoms with E-state index < -0.39 is 0 Å². The molecule has 1 aromatic rings. The van der Waals surface area contributed by atoms with Crippen molar-refractivity contribution < 1.29 is 9.18 Å². The number of hydrogen-bond donors (Lipinski definition) is 1. The van der Waals surface area contributed by atoms with Crippen molar-refractivity contribution in [3.63, 3.8) is 0 Å². The maximum atomic E-state index is 13.1. The SMILES string of the molecule is Cc1cc(C(=O)CC(CN)CC(C)C)ccc1F. The highest BCUT2D eigenvalue weighted by molar-refractivity contribution is 5.96. The molecule has 1 rings (SSSR count). The van der Waals surface area contributed by atoms with Crippen LogP contribution >= 0.6 is 0 Å². The number of rotatable bonds is 6. The first-order chi connectivity index (χ1) is 8.43. The van der Waals surface area contributed by atoms with Crippen LogP contribution in [0.2, 0.25) is 0 Å². The fraction of sp³-hybridized carbons (Fsp3) is 0.533. The highest BCUT2D eigenvalue weighted by Gasteiger charge is 2.16. The zero-order valence-corrected chi connectivity index (χ0v) is 11.4. The van der Waals surface area contributed by atoms with Gasteiger partial charge in [-0.05, 0) is 55.5 Å². The molecule has 2 N–H and O–H groups in total. The summed E-state index contributed by atoms with van der Waals surface area (Å²) in [5, 5.41) is 0. The van der Waals surface area contributed by atoms with E-state index in [1.807, 2.05) is 0 Å². The number of nitrogens with two attached hydrogens (primary N) is 1. The van der Waals surface area contributed by atoms with Crippen molar-refractivity contribution in [2.24, 2.45) is 17.6 Å². The van der Waals surface area contributed by atoms with Crippen molar-refractivity contribution in [3.05, 3.63) is 35.1 Å². The van der Waals surface area contributed by atoms with Crippen LogP contribution in [0.5, 0.6) is 0 Å². The number of benzene rings is 1. The molecule has 18 heavy (non-hydrogen) atoms. The first-order valence-corrected chi connectivity index (χ1v) is 6.43. The predicted molar refractivity (Wildman–Crippen MR) is 72.1 cm³/mol. The van der Waals surface area contributed by atoms with E-state index in [0.717, 1.165) is 6.42 Å². The third-order valence-electron chi connectivity index (χ3n) is 3.09. The summed E-state index contributed by atoms with van der Waals surface area (Å²) in [5.41, 5.74) is 6.78. The van der Waals surface area contributed by atoms with Crippen LogP contribution in [0, 0.1) is 24.6 Å². The van der Waals surface area contributed by atoms with E-state index in [1.165, 1.54) is 6.07 Å². The first-order valence-electron chi connectivity index (χ1n) is 6.43. The van der Waals surface area contributed by atoms with Crippen molar-refractivity contribution in [1.82, 2.24) is 0 Å². The molecule has 0 fully saturated rings. The van der Waals surface area contributed by atoms with Crippen LogP contribution in [0.15, 0.2) is 18.2 Å². The van der Waals surface area contributed by atoms with Crippen LogP contribution in [0.25, 0.3) is 0 Å². The van der Waals surface area contributed by atoms with Crippen molar-refractivity contribution in [2.75, 3.05) is 6.54 Å². The van der Waals surface area contributed by atoms with Crippen LogP contribution in [-0.2, 0) is 0 Å². The summed E-state index contributed by atoms with van der Waals surface area (Å²) in [6, 6.07) is 4.51. The third kappa shape index (κ3) is 4.22. The second-order valence-electron chi connectivity index (χ2n) is 5.32. The zero-order chi connectivity index (χ0) is 13.7. The maximum absolute atomic E-state index is 13.1. The Morgan fingerprint density at radius 2 is 2.06 bits per heavy atom. The molecule has 100 valence electrons. The van der Waals surface area contributed by atoms with Gasteiger partial charge >= 0.3 is 0 Å². The number of Topliss-reactive ketones (excluding diaryl/α,β-unsaturated/α-hetero) is 1. The summed E-state index contributed by atoms with van der Waals surface area (Å²) in [6.45, 7) is 6.43. The second kappa shape index (κ2) is 6.64. The highest BCUT2D eigenvalue weighted by atomic mass is 19.1. The number of aryl methyl sites for hydroxylation is 1. The van der Waals surface area contributed by atoms with Crippen LogP contribution in [-0.4, -0.2) is 12.3 Å². The fourth-order valence-corrected chi connectivity index (χ4v) is 2.13. The molecule has 1 atom stereocenters. The molecule has 2 nitrogen and oxygen atoms in total. The van der Waals surface area contributed by atoms with Gasteiger partial charge in [0.05, 0.1) is 0 Å². The van der Waals surface area contributed by atoms with E-state index in [4.69, 9.17) is 5.73 Å². The predicted octanol–water partition coefficient (Wildman–Crippen LogP) is 3.33. The zero-order valence-electron chi connectivity index (χ0n) is 11.4. The van der Waals surface area contributed by atoms with Gasteiger partial charge in [0.25, 0.3) is 0 Å². The molecule has 0 saturated carbocycles. The Morgan fingerprint density at radius 1 is 1.39 bits per heavy atom. The van der Waals surface area contributed by atoms with Gasteiger partial charge in [0, 0.05) is 12.0 Å². The lowest BCUT2D eigenvalue weighted by Gasteiger charge is -2.16. The lowest BCUT2D eigenvalue weighted by Crippen LogP contribution is -2.20. The largest absolute Gasteiger partial charge is 0.330 e. The van der Waals surface area contributed by atoms with Gasteiger partial charge in [-0.1, -0.05) is 13.8 Å². The molecule has 0 radical (unpaired) electrons. The van der Waals surface area contributed by atoms with Crippen molar-refractivity contribution >= 4 is 5.78 Å². The van der Waals surface area contributed by atoms with Gasteiger partial charge in [-0.2, -0.15) is 0 Å². The van der Waals surface area contributed by atoms with Gasteiger partial charge in [-0.25, -0.2) is 4.39 Å². The second-order valence-corrected chi connectivity index (χ2v) is 5.32. The van der Waals surface area contributed by atoms with Gasteiger partial charge in [-0.3, -0.25) is 4.79 Å². The molecular weight excluding hydrogens is 229 g/mol. The molecule has 0 spiro atoms. The average Bonchev–Trinajstić information content (AvgIpc) is 2.31. The van der Waals surface area contributed by atoms with Gasteiger partial charge in [0.1, 0.15) is 5.82 Å². The standard InChI is InChI=1S/C15H22FNO/c1-10(2)6-12(9-17)8-15(18)13-4-5-14(16)11(3)7-13/h4-5,7,10,12H,6,8-9,17H2,1-3H3. The summed E-state index contributed by atoms with van der Waals surface area (Å²) in [6.07, 6.45) is 1.39. The molecule has 0 aromatic heterocycles. The van der Waals surface area contributed by atoms with E-state index in [2.05, 4.69) is 13.8 Å². The molecular formula is C15H22FNO. The summed E-state index contributed by atoms with van der Waals surface area (Å²) < 4.78 is 13.1. The summed E-state index contributed by atoms with van der Waals surface area (Å²) >= 11 is 0. The Balaban J connectivity index is 2.71. The lowest BCUT2D eigenvalue weighted by atomic mass is 9.90. The molecule has 0 saturated heterocycles. The molecule has 0 bridgehead atoms. The van der Waals surface area contributed by atoms with E-state index >= 15 is 0 Å². The summed E-state index contributed by atoms with van der Waals surface area (Å²) in [4.78, 5) is 12.1. The monoisotopic (exact) mass is 251 g/mol. The number of halogens is 1. The number of carbonyl (C=O) groups excluding carboxylic acids is 1. The van der Waals surface area contributed by atoms with Gasteiger partial charge in [-0.15, -0.1) is 0 Å². The molecule has 0 aliphatic heterocycles. The van der Waals surface area contributed by atoms with Crippen LogP contribution in [0.1, 0.15) is 42.6 Å². The minimum atomic E-state index is -0.274. The van der Waals surface area contributed by atoms with Crippen LogP contribution in [0.3, 0.4) is 0 Å². The number of hydrogen-bond acceptors (Lipinski definition) is 2. The molecule has 0 aliphatic rings. The fourth-order valence-electron chi connectivity index (χ4n) is 2.13. The number of ketones is 1. The number of carbonyl (C=O) groups is 1. The topological polar surface area (TPSA) is 43.1 Å². The quantitative estimate of drug-likeness (QED) is 0.788. The van der Waals surface area contributed by atoms with Gasteiger partial charge < -0.3 is 5.73 Å². The van der Waals surface area contributed by atoms with E-state index in [1.54, 1.807) is 19.1 Å². The van der Waals surface area contributed by atoms with E-state index in [0.29, 0.717) is 30.0 Å². The Hall–Kier alpha value is -1.22. The Labute approximate surface area is 108 Å². The minimum absolute atomic E-state index is 0.0502. The Bertz CT molecular complexity index is 415. The molecule has 1 unspecified atom stereocenters.